The van der Waals surface area contributed by atoms with Crippen molar-refractivity contribution in [3.63, 3.8) is 0 Å². The summed E-state index contributed by atoms with van der Waals surface area (Å²) in [6.45, 7) is 10.3. The fourth-order valence-corrected chi connectivity index (χ4v) is 3.52. The van der Waals surface area contributed by atoms with Crippen molar-refractivity contribution in [2.24, 2.45) is 5.92 Å². The molecule has 24 heavy (non-hydrogen) atoms. The summed E-state index contributed by atoms with van der Waals surface area (Å²) in [5, 5.41) is 10.9. The molecule has 0 bridgehead atoms. The molecule has 0 spiro atoms. The highest BCUT2D eigenvalue weighted by Gasteiger charge is 2.27. The van der Waals surface area contributed by atoms with Gasteiger partial charge in [-0.3, -0.25) is 0 Å². The molecule has 0 amide bonds. The number of benzene rings is 1. The van der Waals surface area contributed by atoms with Gasteiger partial charge in [0.15, 0.2) is 11.5 Å². The Morgan fingerprint density at radius 3 is 2.71 bits per heavy atom. The quantitative estimate of drug-likeness (QED) is 0.770. The van der Waals surface area contributed by atoms with Gasteiger partial charge in [0, 0.05) is 19.0 Å². The first-order valence-electron chi connectivity index (χ1n) is 9.07. The van der Waals surface area contributed by atoms with Gasteiger partial charge >= 0.3 is 0 Å². The lowest BCUT2D eigenvalue weighted by molar-refractivity contribution is 0.0290. The number of aliphatic hydroxyl groups excluding tert-OH is 1. The molecule has 2 rings (SSSR count). The summed E-state index contributed by atoms with van der Waals surface area (Å²) in [6.07, 6.45) is 2.30. The fraction of sp³-hybridized carbons (Fsp3) is 0.684. The maximum atomic E-state index is 10.3. The zero-order valence-corrected chi connectivity index (χ0v) is 15.8. The number of hydrogen-bond acceptors (Lipinski definition) is 4. The van der Waals surface area contributed by atoms with Crippen LogP contribution in [0.3, 0.4) is 0 Å². The van der Waals surface area contributed by atoms with Crippen LogP contribution in [0.4, 0.5) is 0 Å². The van der Waals surface area contributed by atoms with Crippen LogP contribution < -0.4 is 9.47 Å². The van der Waals surface area contributed by atoms with Gasteiger partial charge < -0.3 is 19.5 Å². The molecule has 1 aliphatic heterocycles. The molecule has 2 unspecified atom stereocenters. The molecule has 0 aliphatic carbocycles. The minimum Gasteiger partial charge on any atom is -0.490 e. The van der Waals surface area contributed by atoms with Gasteiger partial charge in [-0.05, 0) is 50.4 Å². The number of ether oxygens (including phenoxy) is 2. The predicted molar refractivity (Wildman–Crippen MR) is 98.3 cm³/mol. The maximum Gasteiger partial charge on any atom is 0.179 e. The third kappa shape index (κ3) is 5.01. The Bertz CT molecular complexity index is 524. The number of halogens is 1. The van der Waals surface area contributed by atoms with Crippen LogP contribution in [0.5, 0.6) is 11.5 Å². The highest BCUT2D eigenvalue weighted by Crippen LogP contribution is 2.38. The van der Waals surface area contributed by atoms with E-state index in [1.165, 1.54) is 0 Å². The van der Waals surface area contributed by atoms with Gasteiger partial charge in [0.1, 0.15) is 0 Å². The first kappa shape index (κ1) is 19.4. The second-order valence-corrected chi connectivity index (χ2v) is 6.81. The molecule has 1 saturated heterocycles. The summed E-state index contributed by atoms with van der Waals surface area (Å²) in [7, 11) is 0. The molecule has 0 aromatic heterocycles. The number of nitrogens with zero attached hydrogens (tertiary/aromatic N) is 1. The number of aliphatic hydroxyl groups is 1. The van der Waals surface area contributed by atoms with Crippen LogP contribution >= 0.6 is 11.6 Å². The van der Waals surface area contributed by atoms with Crippen molar-refractivity contribution in [2.45, 2.75) is 46.1 Å². The molecule has 136 valence electrons. The smallest absolute Gasteiger partial charge is 0.179 e. The predicted octanol–water partition coefficient (Wildman–Crippen LogP) is 3.77. The molecule has 0 radical (unpaired) electrons. The Hall–Kier alpha value is -0.970. The lowest BCUT2D eigenvalue weighted by Gasteiger charge is -2.35. The third-order valence-corrected chi connectivity index (χ3v) is 4.82. The van der Waals surface area contributed by atoms with Crippen LogP contribution in [0.25, 0.3) is 0 Å². The third-order valence-electron chi connectivity index (χ3n) is 4.54. The van der Waals surface area contributed by atoms with Crippen LogP contribution in [0.1, 0.15) is 39.2 Å². The molecular formula is C19H30ClNO3. The van der Waals surface area contributed by atoms with Crippen LogP contribution in [-0.4, -0.2) is 49.0 Å². The monoisotopic (exact) mass is 355 g/mol. The Kier molecular flexibility index (Phi) is 7.66. The molecule has 1 aliphatic rings. The van der Waals surface area contributed by atoms with E-state index in [-0.39, 0.29) is 12.0 Å². The van der Waals surface area contributed by atoms with E-state index in [0.717, 1.165) is 44.5 Å². The van der Waals surface area contributed by atoms with Crippen molar-refractivity contribution in [3.05, 3.63) is 22.7 Å². The Balaban J connectivity index is 2.17. The van der Waals surface area contributed by atoms with E-state index in [4.69, 9.17) is 21.1 Å². The van der Waals surface area contributed by atoms with E-state index >= 15 is 0 Å². The minimum absolute atomic E-state index is 0.228. The summed E-state index contributed by atoms with van der Waals surface area (Å²) < 4.78 is 11.5. The van der Waals surface area contributed by atoms with Crippen molar-refractivity contribution < 1.29 is 14.6 Å². The summed E-state index contributed by atoms with van der Waals surface area (Å²) in [4.78, 5) is 2.39. The lowest BCUT2D eigenvalue weighted by Crippen LogP contribution is -2.43. The second kappa shape index (κ2) is 9.50. The van der Waals surface area contributed by atoms with E-state index in [1.54, 1.807) is 0 Å². The zero-order valence-electron chi connectivity index (χ0n) is 15.1. The molecular weight excluding hydrogens is 326 g/mol. The van der Waals surface area contributed by atoms with Gasteiger partial charge in [-0.1, -0.05) is 25.4 Å². The molecule has 2 atom stereocenters. The van der Waals surface area contributed by atoms with Crippen molar-refractivity contribution in [1.29, 1.82) is 0 Å². The highest BCUT2D eigenvalue weighted by molar-refractivity contribution is 6.32. The molecule has 5 heteroatoms. The molecule has 1 N–H and O–H groups in total. The van der Waals surface area contributed by atoms with Crippen molar-refractivity contribution >= 4 is 11.6 Å². The molecule has 1 heterocycles. The van der Waals surface area contributed by atoms with Gasteiger partial charge in [0.25, 0.3) is 0 Å². The highest BCUT2D eigenvalue weighted by atomic mass is 35.5. The molecule has 4 nitrogen and oxygen atoms in total. The molecule has 0 saturated carbocycles. The lowest BCUT2D eigenvalue weighted by atomic mass is 9.88. The normalized spacial score (nSPS) is 21.7. The van der Waals surface area contributed by atoms with E-state index in [1.807, 2.05) is 19.1 Å². The molecule has 1 fully saturated rings. The van der Waals surface area contributed by atoms with Gasteiger partial charge in [0.2, 0.25) is 0 Å². The van der Waals surface area contributed by atoms with E-state index in [0.29, 0.717) is 29.7 Å². The number of hydrogen-bond donors (Lipinski definition) is 1. The minimum atomic E-state index is -0.252. The molecule has 1 aromatic rings. The van der Waals surface area contributed by atoms with Gasteiger partial charge in [-0.25, -0.2) is 0 Å². The largest absolute Gasteiger partial charge is 0.490 e. The fourth-order valence-electron chi connectivity index (χ4n) is 3.23. The van der Waals surface area contributed by atoms with E-state index in [2.05, 4.69) is 18.7 Å². The average molecular weight is 356 g/mol. The van der Waals surface area contributed by atoms with Gasteiger partial charge in [-0.2, -0.15) is 0 Å². The van der Waals surface area contributed by atoms with Crippen molar-refractivity contribution in [2.75, 3.05) is 32.8 Å². The van der Waals surface area contributed by atoms with Crippen molar-refractivity contribution in [3.8, 4) is 11.5 Å². The number of rotatable bonds is 8. The van der Waals surface area contributed by atoms with Crippen molar-refractivity contribution in [1.82, 2.24) is 4.90 Å². The Labute approximate surface area is 150 Å². The average Bonchev–Trinajstić information content (AvgIpc) is 2.56. The Morgan fingerprint density at radius 2 is 2.04 bits per heavy atom. The van der Waals surface area contributed by atoms with Crippen LogP contribution in [0, 0.1) is 5.92 Å². The standard InChI is InChI=1S/C19H30ClNO3/c1-4-9-24-19-16(20)11-14(12-18(19)23-6-3)10-15-13-21(5-2)8-7-17(15)22/h11-12,15,17,22H,4-10,13H2,1-3H3. The first-order chi connectivity index (χ1) is 11.6. The van der Waals surface area contributed by atoms with Crippen LogP contribution in [0.15, 0.2) is 12.1 Å². The summed E-state index contributed by atoms with van der Waals surface area (Å²) in [5.74, 6) is 1.56. The summed E-state index contributed by atoms with van der Waals surface area (Å²) >= 11 is 6.44. The maximum absolute atomic E-state index is 10.3. The van der Waals surface area contributed by atoms with E-state index in [9.17, 15) is 5.11 Å². The molecule has 1 aromatic carbocycles. The Morgan fingerprint density at radius 1 is 1.25 bits per heavy atom. The SMILES string of the molecule is CCCOc1c(Cl)cc(CC2CN(CC)CCC2O)cc1OCC. The van der Waals surface area contributed by atoms with E-state index < -0.39 is 0 Å². The van der Waals surface area contributed by atoms with Gasteiger partial charge in [-0.15, -0.1) is 0 Å². The zero-order chi connectivity index (χ0) is 17.5. The summed E-state index contributed by atoms with van der Waals surface area (Å²) in [6, 6.07) is 3.96. The number of likely N-dealkylation sites (tertiary alicyclic amines) is 1. The topological polar surface area (TPSA) is 41.9 Å². The summed E-state index contributed by atoms with van der Waals surface area (Å²) in [5.41, 5.74) is 1.09. The van der Waals surface area contributed by atoms with Crippen LogP contribution in [0.2, 0.25) is 5.02 Å². The van der Waals surface area contributed by atoms with Crippen LogP contribution in [-0.2, 0) is 6.42 Å². The van der Waals surface area contributed by atoms with Gasteiger partial charge in [0.05, 0.1) is 24.3 Å². The first-order valence-corrected chi connectivity index (χ1v) is 9.45. The second-order valence-electron chi connectivity index (χ2n) is 6.40. The number of piperidine rings is 1.